The third kappa shape index (κ3) is 9.83. The third-order valence-electron chi connectivity index (χ3n) is 7.09. The number of rotatable bonds is 6. The van der Waals surface area contributed by atoms with Crippen LogP contribution in [0.5, 0.6) is 5.75 Å². The predicted molar refractivity (Wildman–Crippen MR) is 162 cm³/mol. The molecule has 1 heterocycles. The molecule has 1 aliphatic heterocycles. The fraction of sp³-hybridized carbons (Fsp3) is 0.469. The number of hydrogen-bond donors (Lipinski definition) is 5. The SMILES string of the molecule is CC(C)[C@@H]1NC(=O)C[C@@H](C(=O)NCCc2ccccc2)NC(=O)c2ccccc2OC[C@H](C)NC(=O)[C@@H](C(C)C)NC1=O. The first-order chi connectivity index (χ1) is 20.5. The molecule has 2 aromatic carbocycles. The average Bonchev–Trinajstić information content (AvgIpc) is 2.96. The summed E-state index contributed by atoms with van der Waals surface area (Å²) in [6.07, 6.45) is 0.154. The van der Waals surface area contributed by atoms with Gasteiger partial charge in [-0.3, -0.25) is 24.0 Å². The summed E-state index contributed by atoms with van der Waals surface area (Å²) in [4.78, 5) is 66.4. The van der Waals surface area contributed by atoms with Gasteiger partial charge >= 0.3 is 0 Å². The second-order valence-corrected chi connectivity index (χ2v) is 11.5. The van der Waals surface area contributed by atoms with Crippen LogP contribution in [0.25, 0.3) is 0 Å². The van der Waals surface area contributed by atoms with Crippen LogP contribution in [0.4, 0.5) is 0 Å². The standard InChI is InChI=1S/C32H43N5O6/c1-19(2)27-32(42)37-28(20(3)4)31(41)34-21(5)18-43-25-14-10-9-13-23(25)29(39)35-24(17-26(38)36-27)30(40)33-16-15-22-11-7-6-8-12-22/h6-14,19-21,24,27-28H,15-18H2,1-5H3,(H,33,40)(H,34,41)(H,35,39)(H,36,38)(H,37,42)/t21-,24-,27-,28+/m0/s1. The summed E-state index contributed by atoms with van der Waals surface area (Å²) in [5.41, 5.74) is 1.20. The van der Waals surface area contributed by atoms with E-state index in [1.807, 2.05) is 44.2 Å². The van der Waals surface area contributed by atoms with Crippen molar-refractivity contribution in [2.45, 2.75) is 71.6 Å². The van der Waals surface area contributed by atoms with E-state index in [-0.39, 0.29) is 29.8 Å². The van der Waals surface area contributed by atoms with Crippen molar-refractivity contribution >= 4 is 29.5 Å². The van der Waals surface area contributed by atoms with E-state index in [4.69, 9.17) is 4.74 Å². The molecule has 1 aliphatic rings. The second-order valence-electron chi connectivity index (χ2n) is 11.5. The first-order valence-electron chi connectivity index (χ1n) is 14.7. The van der Waals surface area contributed by atoms with Crippen molar-refractivity contribution in [2.75, 3.05) is 13.2 Å². The maximum Gasteiger partial charge on any atom is 0.255 e. The topological polar surface area (TPSA) is 155 Å². The summed E-state index contributed by atoms with van der Waals surface area (Å²) in [7, 11) is 0. The fourth-order valence-electron chi connectivity index (χ4n) is 4.64. The summed E-state index contributed by atoms with van der Waals surface area (Å²) in [6, 6.07) is 12.6. The molecule has 3 rings (SSSR count). The Labute approximate surface area is 252 Å². The van der Waals surface area contributed by atoms with Crippen molar-refractivity contribution in [3.8, 4) is 5.75 Å². The summed E-state index contributed by atoms with van der Waals surface area (Å²) in [5, 5.41) is 13.8. The summed E-state index contributed by atoms with van der Waals surface area (Å²) < 4.78 is 5.90. The highest BCUT2D eigenvalue weighted by Crippen LogP contribution is 2.19. The van der Waals surface area contributed by atoms with Gasteiger partial charge in [-0.15, -0.1) is 0 Å². The zero-order chi connectivity index (χ0) is 31.5. The second kappa shape index (κ2) is 15.7. The van der Waals surface area contributed by atoms with Crippen molar-refractivity contribution in [1.29, 1.82) is 0 Å². The maximum absolute atomic E-state index is 13.4. The monoisotopic (exact) mass is 593 g/mol. The molecule has 232 valence electrons. The van der Waals surface area contributed by atoms with E-state index in [0.717, 1.165) is 5.56 Å². The largest absolute Gasteiger partial charge is 0.491 e. The normalized spacial score (nSPS) is 22.3. The summed E-state index contributed by atoms with van der Waals surface area (Å²) in [6.45, 7) is 9.25. The van der Waals surface area contributed by atoms with Crippen molar-refractivity contribution in [3.05, 3.63) is 65.7 Å². The maximum atomic E-state index is 13.4. The van der Waals surface area contributed by atoms with Crippen molar-refractivity contribution in [1.82, 2.24) is 26.6 Å². The number of para-hydroxylation sites is 1. The molecule has 43 heavy (non-hydrogen) atoms. The molecule has 0 unspecified atom stereocenters. The number of fused-ring (bicyclic) bond motifs is 1. The molecule has 5 N–H and O–H groups in total. The van der Waals surface area contributed by atoms with Gasteiger partial charge in [0, 0.05) is 6.54 Å². The molecule has 2 aromatic rings. The lowest BCUT2D eigenvalue weighted by Gasteiger charge is -2.28. The molecule has 4 atom stereocenters. The van der Waals surface area contributed by atoms with Crippen LogP contribution in [-0.4, -0.2) is 66.9 Å². The Morgan fingerprint density at radius 3 is 2.12 bits per heavy atom. The van der Waals surface area contributed by atoms with Gasteiger partial charge in [-0.25, -0.2) is 0 Å². The van der Waals surface area contributed by atoms with Gasteiger partial charge in [0.05, 0.1) is 18.0 Å². The molecule has 0 saturated carbocycles. The molecular weight excluding hydrogens is 550 g/mol. The van der Waals surface area contributed by atoms with E-state index in [2.05, 4.69) is 26.6 Å². The van der Waals surface area contributed by atoms with Gasteiger partial charge in [-0.05, 0) is 42.9 Å². The van der Waals surface area contributed by atoms with Crippen LogP contribution in [0.15, 0.2) is 54.6 Å². The van der Waals surface area contributed by atoms with Crippen LogP contribution in [0, 0.1) is 11.8 Å². The van der Waals surface area contributed by atoms with Crippen LogP contribution in [0.1, 0.15) is 57.0 Å². The van der Waals surface area contributed by atoms with Crippen LogP contribution >= 0.6 is 0 Å². The highest BCUT2D eigenvalue weighted by Gasteiger charge is 2.33. The zero-order valence-corrected chi connectivity index (χ0v) is 25.4. The van der Waals surface area contributed by atoms with Gasteiger partial charge < -0.3 is 31.3 Å². The van der Waals surface area contributed by atoms with E-state index >= 15 is 0 Å². The van der Waals surface area contributed by atoms with E-state index < -0.39 is 60.1 Å². The Bertz CT molecular complexity index is 1280. The third-order valence-corrected chi connectivity index (χ3v) is 7.09. The minimum absolute atomic E-state index is 0.0485. The number of benzene rings is 2. The molecule has 0 spiro atoms. The molecular formula is C32H43N5O6. The number of ether oxygens (including phenoxy) is 1. The molecule has 11 heteroatoms. The van der Waals surface area contributed by atoms with Gasteiger partial charge in [0.1, 0.15) is 30.5 Å². The minimum Gasteiger partial charge on any atom is -0.491 e. The number of hydrogen-bond acceptors (Lipinski definition) is 6. The van der Waals surface area contributed by atoms with Crippen LogP contribution in [-0.2, 0) is 25.6 Å². The summed E-state index contributed by atoms with van der Waals surface area (Å²) in [5.74, 6) is -2.98. The van der Waals surface area contributed by atoms with Crippen LogP contribution < -0.4 is 31.3 Å². The van der Waals surface area contributed by atoms with Crippen molar-refractivity contribution in [2.24, 2.45) is 11.8 Å². The molecule has 5 amide bonds. The lowest BCUT2D eigenvalue weighted by atomic mass is 9.99. The number of amides is 5. The fourth-order valence-corrected chi connectivity index (χ4v) is 4.64. The van der Waals surface area contributed by atoms with Gasteiger partial charge in [0.2, 0.25) is 23.6 Å². The number of carbonyl (C=O) groups excluding carboxylic acids is 5. The summed E-state index contributed by atoms with van der Waals surface area (Å²) >= 11 is 0. The molecule has 0 radical (unpaired) electrons. The van der Waals surface area contributed by atoms with Crippen molar-refractivity contribution < 1.29 is 28.7 Å². The van der Waals surface area contributed by atoms with Crippen LogP contribution in [0.2, 0.25) is 0 Å². The Balaban J connectivity index is 1.90. The molecule has 0 saturated heterocycles. The lowest BCUT2D eigenvalue weighted by molar-refractivity contribution is -0.134. The Morgan fingerprint density at radius 2 is 1.44 bits per heavy atom. The lowest BCUT2D eigenvalue weighted by Crippen LogP contribution is -2.58. The highest BCUT2D eigenvalue weighted by atomic mass is 16.5. The van der Waals surface area contributed by atoms with Gasteiger partial charge in [-0.1, -0.05) is 70.2 Å². The number of nitrogens with one attached hydrogen (secondary N) is 5. The van der Waals surface area contributed by atoms with Crippen molar-refractivity contribution in [3.63, 3.8) is 0 Å². The van der Waals surface area contributed by atoms with E-state index in [1.54, 1.807) is 45.0 Å². The number of carbonyl (C=O) groups is 5. The molecule has 0 fully saturated rings. The smallest absolute Gasteiger partial charge is 0.255 e. The Hall–Kier alpha value is -4.41. The van der Waals surface area contributed by atoms with Crippen LogP contribution in [0.3, 0.4) is 0 Å². The highest BCUT2D eigenvalue weighted by molar-refractivity contribution is 6.01. The van der Waals surface area contributed by atoms with E-state index in [0.29, 0.717) is 13.0 Å². The average molecular weight is 594 g/mol. The molecule has 0 bridgehead atoms. The van der Waals surface area contributed by atoms with E-state index in [9.17, 15) is 24.0 Å². The van der Waals surface area contributed by atoms with Gasteiger partial charge in [-0.2, -0.15) is 0 Å². The first kappa shape index (κ1) is 33.1. The zero-order valence-electron chi connectivity index (χ0n) is 25.4. The quantitative estimate of drug-likeness (QED) is 0.344. The molecule has 0 aromatic heterocycles. The predicted octanol–water partition coefficient (Wildman–Crippen LogP) is 1.71. The Morgan fingerprint density at radius 1 is 0.837 bits per heavy atom. The first-order valence-corrected chi connectivity index (χ1v) is 14.7. The molecule has 11 nitrogen and oxygen atoms in total. The van der Waals surface area contributed by atoms with Gasteiger partial charge in [0.15, 0.2) is 0 Å². The molecule has 0 aliphatic carbocycles. The minimum atomic E-state index is -1.23. The Kier molecular flexibility index (Phi) is 12.1. The van der Waals surface area contributed by atoms with E-state index in [1.165, 1.54) is 0 Å². The van der Waals surface area contributed by atoms with Gasteiger partial charge in [0.25, 0.3) is 5.91 Å².